The zero-order valence-corrected chi connectivity index (χ0v) is 19.6. The van der Waals surface area contributed by atoms with Gasteiger partial charge in [0.1, 0.15) is 12.3 Å². The molecule has 0 spiro atoms. The van der Waals surface area contributed by atoms with E-state index in [4.69, 9.17) is 4.74 Å². The van der Waals surface area contributed by atoms with Crippen LogP contribution in [0.3, 0.4) is 0 Å². The molecule has 0 unspecified atom stereocenters. The Morgan fingerprint density at radius 2 is 1.81 bits per heavy atom. The van der Waals surface area contributed by atoms with Crippen LogP contribution in [-0.4, -0.2) is 21.6 Å². The van der Waals surface area contributed by atoms with Crippen LogP contribution in [0.5, 0.6) is 5.75 Å². The highest BCUT2D eigenvalue weighted by Crippen LogP contribution is 2.27. The summed E-state index contributed by atoms with van der Waals surface area (Å²) < 4.78 is 8.94. The van der Waals surface area contributed by atoms with Gasteiger partial charge in [-0.3, -0.25) is 18.7 Å². The molecule has 0 aliphatic heterocycles. The number of ether oxygens (including phenoxy) is 1. The maximum absolute atomic E-state index is 13.4. The van der Waals surface area contributed by atoms with Crippen LogP contribution in [0.1, 0.15) is 45.1 Å². The van der Waals surface area contributed by atoms with Gasteiger partial charge < -0.3 is 10.1 Å². The maximum Gasteiger partial charge on any atom is 0.332 e. The first-order chi connectivity index (χ1) is 15.5. The second-order valence-corrected chi connectivity index (χ2v) is 8.92. The van der Waals surface area contributed by atoms with E-state index in [1.807, 2.05) is 6.92 Å². The Morgan fingerprint density at radius 1 is 1.09 bits per heavy atom. The highest BCUT2D eigenvalue weighted by molar-refractivity contribution is 9.10. The minimum atomic E-state index is -0.432. The molecule has 0 atom stereocenters. The van der Waals surface area contributed by atoms with Crippen molar-refractivity contribution in [1.29, 1.82) is 0 Å². The van der Waals surface area contributed by atoms with Gasteiger partial charge in [-0.1, -0.05) is 35.2 Å². The molecule has 0 bridgehead atoms. The predicted molar refractivity (Wildman–Crippen MR) is 129 cm³/mol. The Bertz CT molecular complexity index is 1240. The second kappa shape index (κ2) is 9.73. The number of rotatable bonds is 6. The lowest BCUT2D eigenvalue weighted by atomic mass is 9.95. The first-order valence-electron chi connectivity index (χ1n) is 10.9. The SMILES string of the molecule is CCOc1ccc(NC(=O)Cn2c(=O)n(C3CCCCC3)c(=O)c3cc(Br)ccc32)cc1. The van der Waals surface area contributed by atoms with Gasteiger partial charge in [0.05, 0.1) is 17.5 Å². The molecule has 2 aromatic carbocycles. The summed E-state index contributed by atoms with van der Waals surface area (Å²) in [5, 5.41) is 3.25. The number of hydrogen-bond acceptors (Lipinski definition) is 4. The third-order valence-electron chi connectivity index (χ3n) is 5.83. The summed E-state index contributed by atoms with van der Waals surface area (Å²) in [6.45, 7) is 2.29. The largest absolute Gasteiger partial charge is 0.494 e. The van der Waals surface area contributed by atoms with Crippen LogP contribution in [0.2, 0.25) is 0 Å². The van der Waals surface area contributed by atoms with E-state index < -0.39 is 5.69 Å². The van der Waals surface area contributed by atoms with Gasteiger partial charge in [-0.15, -0.1) is 0 Å². The molecule has 1 heterocycles. The van der Waals surface area contributed by atoms with Crippen LogP contribution in [-0.2, 0) is 11.3 Å². The number of hydrogen-bond donors (Lipinski definition) is 1. The number of carbonyl (C=O) groups excluding carboxylic acids is 1. The van der Waals surface area contributed by atoms with E-state index >= 15 is 0 Å². The van der Waals surface area contributed by atoms with Crippen molar-refractivity contribution in [2.75, 3.05) is 11.9 Å². The highest BCUT2D eigenvalue weighted by atomic mass is 79.9. The summed E-state index contributed by atoms with van der Waals surface area (Å²) in [4.78, 5) is 39.5. The quantitative estimate of drug-likeness (QED) is 0.542. The summed E-state index contributed by atoms with van der Waals surface area (Å²) in [7, 11) is 0. The Balaban J connectivity index is 1.70. The van der Waals surface area contributed by atoms with Crippen LogP contribution >= 0.6 is 15.9 Å². The molecule has 1 fully saturated rings. The average Bonchev–Trinajstić information content (AvgIpc) is 2.79. The van der Waals surface area contributed by atoms with Crippen LogP contribution < -0.4 is 21.3 Å². The number of amides is 1. The van der Waals surface area contributed by atoms with E-state index in [-0.39, 0.29) is 24.1 Å². The molecule has 1 N–H and O–H groups in total. The lowest BCUT2D eigenvalue weighted by Crippen LogP contribution is -2.44. The predicted octanol–water partition coefficient (Wildman–Crippen LogP) is 4.47. The Morgan fingerprint density at radius 3 is 2.50 bits per heavy atom. The molecule has 168 valence electrons. The Labute approximate surface area is 194 Å². The van der Waals surface area contributed by atoms with Crippen molar-refractivity contribution < 1.29 is 9.53 Å². The molecule has 1 aliphatic carbocycles. The fourth-order valence-electron chi connectivity index (χ4n) is 4.32. The van der Waals surface area contributed by atoms with Gasteiger partial charge in [0.15, 0.2) is 0 Å². The van der Waals surface area contributed by atoms with Gasteiger partial charge >= 0.3 is 5.69 Å². The topological polar surface area (TPSA) is 82.3 Å². The van der Waals surface area contributed by atoms with Crippen LogP contribution in [0.15, 0.2) is 56.5 Å². The lowest BCUT2D eigenvalue weighted by molar-refractivity contribution is -0.116. The molecule has 0 saturated heterocycles. The second-order valence-electron chi connectivity index (χ2n) is 8.00. The summed E-state index contributed by atoms with van der Waals surface area (Å²) >= 11 is 3.42. The Kier molecular flexibility index (Phi) is 6.79. The molecule has 4 rings (SSSR count). The zero-order valence-electron chi connectivity index (χ0n) is 18.0. The summed E-state index contributed by atoms with van der Waals surface area (Å²) in [6, 6.07) is 12.1. The molecule has 0 radical (unpaired) electrons. The smallest absolute Gasteiger partial charge is 0.332 e. The van der Waals surface area contributed by atoms with Crippen molar-refractivity contribution in [3.63, 3.8) is 0 Å². The van der Waals surface area contributed by atoms with E-state index in [0.29, 0.717) is 23.2 Å². The van der Waals surface area contributed by atoms with E-state index in [9.17, 15) is 14.4 Å². The normalized spacial score (nSPS) is 14.4. The molecular formula is C24H26BrN3O4. The number of halogens is 1. The number of fused-ring (bicyclic) bond motifs is 1. The molecule has 1 amide bonds. The summed E-state index contributed by atoms with van der Waals surface area (Å²) in [5.41, 5.74) is 0.344. The van der Waals surface area contributed by atoms with E-state index in [1.54, 1.807) is 42.5 Å². The van der Waals surface area contributed by atoms with E-state index in [2.05, 4.69) is 21.2 Å². The van der Waals surface area contributed by atoms with Gasteiger partial charge in [-0.2, -0.15) is 0 Å². The standard InChI is InChI=1S/C24H26BrN3O4/c1-2-32-19-11-9-17(10-12-19)26-22(29)15-27-21-13-8-16(25)14-20(21)23(30)28(24(27)31)18-6-4-3-5-7-18/h8-14,18H,2-7,15H2,1H3,(H,26,29). The third-order valence-corrected chi connectivity index (χ3v) is 6.32. The number of nitrogens with zero attached hydrogens (tertiary/aromatic N) is 2. The van der Waals surface area contributed by atoms with Crippen LogP contribution in [0.4, 0.5) is 5.69 Å². The molecule has 3 aromatic rings. The monoisotopic (exact) mass is 499 g/mol. The minimum Gasteiger partial charge on any atom is -0.494 e. The molecule has 1 saturated carbocycles. The molecule has 32 heavy (non-hydrogen) atoms. The number of nitrogens with one attached hydrogen (secondary N) is 1. The molecule has 1 aromatic heterocycles. The number of carbonyl (C=O) groups is 1. The summed E-state index contributed by atoms with van der Waals surface area (Å²) in [6.07, 6.45) is 4.69. The van der Waals surface area contributed by atoms with E-state index in [0.717, 1.165) is 42.3 Å². The van der Waals surface area contributed by atoms with Crippen molar-refractivity contribution >= 4 is 38.4 Å². The fourth-order valence-corrected chi connectivity index (χ4v) is 4.69. The zero-order chi connectivity index (χ0) is 22.7. The first-order valence-corrected chi connectivity index (χ1v) is 11.7. The Hall–Kier alpha value is -2.87. The number of aromatic nitrogens is 2. The molecule has 7 nitrogen and oxygen atoms in total. The van der Waals surface area contributed by atoms with Crippen molar-refractivity contribution in [2.45, 2.75) is 51.6 Å². The van der Waals surface area contributed by atoms with Crippen molar-refractivity contribution in [1.82, 2.24) is 9.13 Å². The van der Waals surface area contributed by atoms with Crippen LogP contribution in [0.25, 0.3) is 10.9 Å². The van der Waals surface area contributed by atoms with Crippen molar-refractivity contribution in [2.24, 2.45) is 0 Å². The number of benzene rings is 2. The van der Waals surface area contributed by atoms with Gasteiger partial charge in [0, 0.05) is 16.2 Å². The minimum absolute atomic E-state index is 0.132. The van der Waals surface area contributed by atoms with Crippen LogP contribution in [0, 0.1) is 0 Å². The van der Waals surface area contributed by atoms with Gasteiger partial charge in [-0.25, -0.2) is 4.79 Å². The molecular weight excluding hydrogens is 474 g/mol. The van der Waals surface area contributed by atoms with E-state index in [1.165, 1.54) is 9.13 Å². The first kappa shape index (κ1) is 22.3. The summed E-state index contributed by atoms with van der Waals surface area (Å²) in [5.74, 6) is 0.382. The van der Waals surface area contributed by atoms with Crippen molar-refractivity contribution in [3.8, 4) is 5.75 Å². The molecule has 1 aliphatic rings. The van der Waals surface area contributed by atoms with Gasteiger partial charge in [0.2, 0.25) is 5.91 Å². The van der Waals surface area contributed by atoms with Crippen molar-refractivity contribution in [3.05, 3.63) is 67.8 Å². The van der Waals surface area contributed by atoms with Gasteiger partial charge in [0.25, 0.3) is 5.56 Å². The number of anilines is 1. The highest BCUT2D eigenvalue weighted by Gasteiger charge is 2.23. The fraction of sp³-hybridized carbons (Fsp3) is 0.375. The maximum atomic E-state index is 13.4. The van der Waals surface area contributed by atoms with Gasteiger partial charge in [-0.05, 0) is 62.2 Å². The lowest BCUT2D eigenvalue weighted by Gasteiger charge is -2.24. The third kappa shape index (κ3) is 4.65. The molecule has 8 heteroatoms. The average molecular weight is 500 g/mol.